The topological polar surface area (TPSA) is 79.9 Å². The molecule has 6 nitrogen and oxygen atoms in total. The van der Waals surface area contributed by atoms with E-state index in [1.54, 1.807) is 41.2 Å². The van der Waals surface area contributed by atoms with Crippen LogP contribution in [0.25, 0.3) is 0 Å². The third kappa shape index (κ3) is 4.09. The summed E-state index contributed by atoms with van der Waals surface area (Å²) in [7, 11) is 0. The minimum absolute atomic E-state index is 0.161. The molecule has 0 aliphatic heterocycles. The van der Waals surface area contributed by atoms with Crippen LogP contribution in [0.1, 0.15) is 19.4 Å². The van der Waals surface area contributed by atoms with Crippen LogP contribution in [0, 0.1) is 17.2 Å². The molecule has 1 amide bonds. The third-order valence-corrected chi connectivity index (χ3v) is 2.89. The summed E-state index contributed by atoms with van der Waals surface area (Å²) < 4.78 is 7.14. The van der Waals surface area contributed by atoms with E-state index in [0.29, 0.717) is 23.0 Å². The maximum Gasteiger partial charge on any atom is 0.263 e. The number of carbonyl (C=O) groups excluding carboxylic acids is 1. The average Bonchev–Trinajstić information content (AvgIpc) is 2.91. The van der Waals surface area contributed by atoms with Crippen LogP contribution in [0.4, 0.5) is 5.82 Å². The van der Waals surface area contributed by atoms with Crippen molar-refractivity contribution in [1.29, 1.82) is 5.26 Å². The van der Waals surface area contributed by atoms with Gasteiger partial charge in [0.15, 0.2) is 6.61 Å². The highest BCUT2D eigenvalue weighted by molar-refractivity contribution is 5.91. The lowest BCUT2D eigenvalue weighted by molar-refractivity contribution is -0.118. The SMILES string of the molecule is CC(C)Cn1nccc1NC(=O)COc1ccccc1C#N. The van der Waals surface area contributed by atoms with E-state index in [1.807, 2.05) is 6.07 Å². The zero-order valence-electron chi connectivity index (χ0n) is 12.6. The quantitative estimate of drug-likeness (QED) is 0.888. The largest absolute Gasteiger partial charge is 0.482 e. The van der Waals surface area contributed by atoms with Crippen LogP contribution < -0.4 is 10.1 Å². The molecule has 0 aliphatic carbocycles. The Morgan fingerprint density at radius 1 is 1.41 bits per heavy atom. The van der Waals surface area contributed by atoms with Crippen molar-refractivity contribution in [3.8, 4) is 11.8 Å². The van der Waals surface area contributed by atoms with Gasteiger partial charge in [-0.15, -0.1) is 0 Å². The predicted octanol–water partition coefficient (Wildman–Crippen LogP) is 2.43. The van der Waals surface area contributed by atoms with Crippen molar-refractivity contribution in [2.45, 2.75) is 20.4 Å². The molecule has 2 aromatic rings. The van der Waals surface area contributed by atoms with E-state index < -0.39 is 0 Å². The zero-order valence-corrected chi connectivity index (χ0v) is 12.6. The van der Waals surface area contributed by atoms with Crippen molar-refractivity contribution < 1.29 is 9.53 Å². The van der Waals surface area contributed by atoms with E-state index in [2.05, 4.69) is 24.3 Å². The number of nitriles is 1. The number of benzene rings is 1. The summed E-state index contributed by atoms with van der Waals surface area (Å²) >= 11 is 0. The lowest BCUT2D eigenvalue weighted by Crippen LogP contribution is -2.23. The van der Waals surface area contributed by atoms with Crippen LogP contribution in [0.2, 0.25) is 0 Å². The molecular weight excluding hydrogens is 280 g/mol. The molecule has 1 aromatic carbocycles. The first-order valence-electron chi connectivity index (χ1n) is 7.03. The summed E-state index contributed by atoms with van der Waals surface area (Å²) in [6, 6.07) is 10.6. The van der Waals surface area contributed by atoms with E-state index in [1.165, 1.54) is 0 Å². The predicted molar refractivity (Wildman–Crippen MR) is 82.3 cm³/mol. The molecule has 0 fully saturated rings. The molecule has 0 radical (unpaired) electrons. The fourth-order valence-electron chi connectivity index (χ4n) is 1.94. The smallest absolute Gasteiger partial charge is 0.263 e. The molecule has 114 valence electrons. The number of hydrogen-bond donors (Lipinski definition) is 1. The monoisotopic (exact) mass is 298 g/mol. The van der Waals surface area contributed by atoms with Gasteiger partial charge in [0, 0.05) is 12.6 Å². The molecule has 2 rings (SSSR count). The van der Waals surface area contributed by atoms with Crippen molar-refractivity contribution >= 4 is 11.7 Å². The summed E-state index contributed by atoms with van der Waals surface area (Å²) in [6.07, 6.45) is 1.64. The number of anilines is 1. The highest BCUT2D eigenvalue weighted by atomic mass is 16.5. The Labute approximate surface area is 129 Å². The summed E-state index contributed by atoms with van der Waals surface area (Å²) in [5, 5.41) is 15.9. The molecule has 0 saturated carbocycles. The van der Waals surface area contributed by atoms with Gasteiger partial charge in [-0.3, -0.25) is 4.79 Å². The number of nitrogens with zero attached hydrogens (tertiary/aromatic N) is 3. The third-order valence-electron chi connectivity index (χ3n) is 2.89. The second kappa shape index (κ2) is 7.27. The van der Waals surface area contributed by atoms with Gasteiger partial charge in [-0.1, -0.05) is 26.0 Å². The first kappa shape index (κ1) is 15.6. The maximum atomic E-state index is 12.0. The van der Waals surface area contributed by atoms with E-state index in [-0.39, 0.29) is 12.5 Å². The summed E-state index contributed by atoms with van der Waals surface area (Å²) in [6.45, 7) is 4.72. The molecule has 1 aromatic heterocycles. The first-order valence-corrected chi connectivity index (χ1v) is 7.03. The van der Waals surface area contributed by atoms with Gasteiger partial charge in [0.1, 0.15) is 17.6 Å². The lowest BCUT2D eigenvalue weighted by Gasteiger charge is -2.11. The Morgan fingerprint density at radius 2 is 2.18 bits per heavy atom. The van der Waals surface area contributed by atoms with E-state index in [0.717, 1.165) is 6.54 Å². The molecule has 0 spiro atoms. The van der Waals surface area contributed by atoms with Gasteiger partial charge in [0.2, 0.25) is 0 Å². The van der Waals surface area contributed by atoms with E-state index in [9.17, 15) is 4.79 Å². The number of carbonyl (C=O) groups is 1. The van der Waals surface area contributed by atoms with Gasteiger partial charge in [-0.2, -0.15) is 10.4 Å². The number of amides is 1. The standard InChI is InChI=1S/C16H18N4O2/c1-12(2)10-20-15(7-8-18-20)19-16(21)11-22-14-6-4-3-5-13(14)9-17/h3-8,12H,10-11H2,1-2H3,(H,19,21). The molecule has 0 unspecified atom stereocenters. The summed E-state index contributed by atoms with van der Waals surface area (Å²) in [4.78, 5) is 12.0. The number of para-hydroxylation sites is 1. The minimum atomic E-state index is -0.293. The molecular formula is C16H18N4O2. The normalized spacial score (nSPS) is 10.3. The van der Waals surface area contributed by atoms with Gasteiger partial charge >= 0.3 is 0 Å². The number of nitrogens with one attached hydrogen (secondary N) is 1. The van der Waals surface area contributed by atoms with Crippen LogP contribution in [0.15, 0.2) is 36.5 Å². The van der Waals surface area contributed by atoms with Gasteiger partial charge < -0.3 is 10.1 Å². The Balaban J connectivity index is 1.94. The summed E-state index contributed by atoms with van der Waals surface area (Å²) in [5.74, 6) is 1.17. The van der Waals surface area contributed by atoms with Crippen molar-refractivity contribution in [2.75, 3.05) is 11.9 Å². The number of hydrogen-bond acceptors (Lipinski definition) is 4. The van der Waals surface area contributed by atoms with Gasteiger partial charge in [-0.05, 0) is 18.1 Å². The molecule has 0 bridgehead atoms. The molecule has 0 aliphatic rings. The van der Waals surface area contributed by atoms with Crippen LogP contribution in [0.3, 0.4) is 0 Å². The second-order valence-corrected chi connectivity index (χ2v) is 5.24. The Kier molecular flexibility index (Phi) is 5.15. The van der Waals surface area contributed by atoms with Crippen LogP contribution in [-0.4, -0.2) is 22.3 Å². The van der Waals surface area contributed by atoms with E-state index >= 15 is 0 Å². The van der Waals surface area contributed by atoms with Crippen LogP contribution in [-0.2, 0) is 11.3 Å². The van der Waals surface area contributed by atoms with Gasteiger partial charge in [-0.25, -0.2) is 4.68 Å². The molecule has 0 saturated heterocycles. The van der Waals surface area contributed by atoms with Crippen LogP contribution >= 0.6 is 0 Å². The van der Waals surface area contributed by atoms with Crippen LogP contribution in [0.5, 0.6) is 5.75 Å². The van der Waals surface area contributed by atoms with Gasteiger partial charge in [0.05, 0.1) is 11.8 Å². The lowest BCUT2D eigenvalue weighted by atomic mass is 10.2. The molecule has 1 N–H and O–H groups in total. The Hall–Kier alpha value is -2.81. The van der Waals surface area contributed by atoms with Crippen molar-refractivity contribution in [3.05, 3.63) is 42.1 Å². The van der Waals surface area contributed by atoms with Gasteiger partial charge in [0.25, 0.3) is 5.91 Å². The Bertz CT molecular complexity index is 685. The van der Waals surface area contributed by atoms with Crippen molar-refractivity contribution in [2.24, 2.45) is 5.92 Å². The number of rotatable bonds is 6. The fraction of sp³-hybridized carbons (Fsp3) is 0.312. The van der Waals surface area contributed by atoms with Crippen molar-refractivity contribution in [1.82, 2.24) is 9.78 Å². The second-order valence-electron chi connectivity index (χ2n) is 5.24. The van der Waals surface area contributed by atoms with E-state index in [4.69, 9.17) is 10.00 Å². The minimum Gasteiger partial charge on any atom is -0.482 e. The number of aromatic nitrogens is 2. The summed E-state index contributed by atoms with van der Waals surface area (Å²) in [5.41, 5.74) is 0.403. The average molecular weight is 298 g/mol. The highest BCUT2D eigenvalue weighted by Crippen LogP contribution is 2.16. The molecule has 6 heteroatoms. The molecule has 22 heavy (non-hydrogen) atoms. The maximum absolute atomic E-state index is 12.0. The number of ether oxygens (including phenoxy) is 1. The fourth-order valence-corrected chi connectivity index (χ4v) is 1.94. The first-order chi connectivity index (χ1) is 10.6. The van der Waals surface area contributed by atoms with Crippen molar-refractivity contribution in [3.63, 3.8) is 0 Å². The molecule has 1 heterocycles. The highest BCUT2D eigenvalue weighted by Gasteiger charge is 2.10. The Morgan fingerprint density at radius 3 is 2.91 bits per heavy atom. The molecule has 0 atom stereocenters. The zero-order chi connectivity index (χ0) is 15.9.